The van der Waals surface area contributed by atoms with Crippen molar-refractivity contribution in [2.24, 2.45) is 0 Å². The third-order valence-corrected chi connectivity index (χ3v) is 3.84. The minimum absolute atomic E-state index is 0.0506. The molecule has 0 saturated heterocycles. The fourth-order valence-corrected chi connectivity index (χ4v) is 2.71. The maximum atomic E-state index is 12.8. The maximum Gasteiger partial charge on any atom is 0.303 e. The largest absolute Gasteiger partial charge is 0.508 e. The van der Waals surface area contributed by atoms with Crippen molar-refractivity contribution in [3.8, 4) is 23.0 Å². The fourth-order valence-electron chi connectivity index (χ4n) is 2.71. The molecule has 0 amide bonds. The van der Waals surface area contributed by atoms with E-state index in [0.717, 1.165) is 0 Å². The van der Waals surface area contributed by atoms with Crippen LogP contribution in [0.25, 0.3) is 0 Å². The number of phenolic OH excluding ortho intramolecular Hbond substituents is 2. The zero-order valence-corrected chi connectivity index (χ0v) is 13.6. The lowest BCUT2D eigenvalue weighted by molar-refractivity contribution is -0.148. The van der Waals surface area contributed by atoms with Gasteiger partial charge in [-0.25, -0.2) is 0 Å². The van der Waals surface area contributed by atoms with E-state index in [2.05, 4.69) is 0 Å². The summed E-state index contributed by atoms with van der Waals surface area (Å²) in [5.41, 5.74) is 0.465. The van der Waals surface area contributed by atoms with Crippen LogP contribution in [-0.2, 0) is 9.53 Å². The van der Waals surface area contributed by atoms with Crippen molar-refractivity contribution in [3.05, 3.63) is 47.5 Å². The number of esters is 1. The summed E-state index contributed by atoms with van der Waals surface area (Å²) in [6.45, 7) is 1.19. The van der Waals surface area contributed by atoms with E-state index in [1.807, 2.05) is 0 Å². The quantitative estimate of drug-likeness (QED) is 0.824. The Hall–Kier alpha value is -3.22. The van der Waals surface area contributed by atoms with Crippen LogP contribution >= 0.6 is 0 Å². The Kier molecular flexibility index (Phi) is 4.22. The Morgan fingerprint density at radius 3 is 2.44 bits per heavy atom. The molecule has 0 spiro atoms. The van der Waals surface area contributed by atoms with Gasteiger partial charge in [-0.3, -0.25) is 9.59 Å². The molecular formula is C18H16O7. The Balaban J connectivity index is 2.10. The normalized spacial score (nSPS) is 18.9. The number of carbonyl (C=O) groups is 2. The summed E-state index contributed by atoms with van der Waals surface area (Å²) < 4.78 is 16.1. The molecule has 2 N–H and O–H groups in total. The van der Waals surface area contributed by atoms with Crippen molar-refractivity contribution in [2.75, 3.05) is 7.11 Å². The maximum absolute atomic E-state index is 12.8. The zero-order chi connectivity index (χ0) is 18.1. The van der Waals surface area contributed by atoms with Crippen molar-refractivity contribution < 1.29 is 34.0 Å². The van der Waals surface area contributed by atoms with Crippen molar-refractivity contribution in [1.82, 2.24) is 0 Å². The van der Waals surface area contributed by atoms with Gasteiger partial charge in [-0.1, -0.05) is 12.1 Å². The molecule has 0 aromatic heterocycles. The molecule has 0 aliphatic carbocycles. The molecule has 2 atom stereocenters. The van der Waals surface area contributed by atoms with Crippen molar-refractivity contribution in [2.45, 2.75) is 19.1 Å². The molecule has 0 fully saturated rings. The van der Waals surface area contributed by atoms with Crippen LogP contribution in [-0.4, -0.2) is 35.2 Å². The van der Waals surface area contributed by atoms with Crippen LogP contribution < -0.4 is 9.47 Å². The lowest BCUT2D eigenvalue weighted by Gasteiger charge is -2.32. The van der Waals surface area contributed by atoms with Crippen molar-refractivity contribution in [1.29, 1.82) is 0 Å². The fraction of sp³-hybridized carbons (Fsp3) is 0.222. The third-order valence-electron chi connectivity index (χ3n) is 3.84. The predicted molar refractivity (Wildman–Crippen MR) is 86.0 cm³/mol. The molecule has 0 unspecified atom stereocenters. The van der Waals surface area contributed by atoms with Crippen LogP contribution in [0.4, 0.5) is 0 Å². The van der Waals surface area contributed by atoms with Gasteiger partial charge < -0.3 is 24.4 Å². The first kappa shape index (κ1) is 16.6. The number of hydrogen-bond donors (Lipinski definition) is 2. The first-order chi connectivity index (χ1) is 11.9. The van der Waals surface area contributed by atoms with E-state index in [0.29, 0.717) is 11.3 Å². The molecule has 0 radical (unpaired) electrons. The molecule has 1 aliphatic heterocycles. The number of phenols is 2. The number of hydrogen-bond acceptors (Lipinski definition) is 7. The number of ether oxygens (including phenoxy) is 3. The van der Waals surface area contributed by atoms with Crippen LogP contribution in [0.15, 0.2) is 36.4 Å². The Morgan fingerprint density at radius 2 is 1.84 bits per heavy atom. The Labute approximate surface area is 143 Å². The van der Waals surface area contributed by atoms with Crippen LogP contribution in [0.2, 0.25) is 0 Å². The summed E-state index contributed by atoms with van der Waals surface area (Å²) in [5, 5.41) is 19.6. The van der Waals surface area contributed by atoms with E-state index >= 15 is 0 Å². The topological polar surface area (TPSA) is 102 Å². The van der Waals surface area contributed by atoms with E-state index in [1.54, 1.807) is 12.1 Å². The Morgan fingerprint density at radius 1 is 1.16 bits per heavy atom. The van der Waals surface area contributed by atoms with E-state index < -0.39 is 24.0 Å². The van der Waals surface area contributed by atoms with Gasteiger partial charge in [0.15, 0.2) is 6.10 Å². The molecule has 3 rings (SSSR count). The lowest BCUT2D eigenvalue weighted by atomic mass is 9.92. The van der Waals surface area contributed by atoms with Gasteiger partial charge in [-0.05, 0) is 17.7 Å². The van der Waals surface area contributed by atoms with E-state index in [9.17, 15) is 19.8 Å². The highest BCUT2D eigenvalue weighted by molar-refractivity contribution is 6.06. The second-order valence-corrected chi connectivity index (χ2v) is 5.54. The molecule has 7 heteroatoms. The summed E-state index contributed by atoms with van der Waals surface area (Å²) in [7, 11) is 1.42. The minimum atomic E-state index is -1.26. The van der Waals surface area contributed by atoms with E-state index in [1.165, 1.54) is 38.3 Å². The molecule has 2 aromatic rings. The highest BCUT2D eigenvalue weighted by atomic mass is 16.6. The second kappa shape index (κ2) is 6.35. The molecule has 2 aromatic carbocycles. The van der Waals surface area contributed by atoms with Gasteiger partial charge in [0.05, 0.1) is 7.11 Å². The number of aromatic hydroxyl groups is 2. The van der Waals surface area contributed by atoms with Crippen LogP contribution in [0.1, 0.15) is 28.9 Å². The van der Waals surface area contributed by atoms with Gasteiger partial charge in [-0.15, -0.1) is 0 Å². The van der Waals surface area contributed by atoms with Gasteiger partial charge >= 0.3 is 5.97 Å². The molecule has 25 heavy (non-hydrogen) atoms. The van der Waals surface area contributed by atoms with Gasteiger partial charge in [0.2, 0.25) is 11.9 Å². The van der Waals surface area contributed by atoms with Gasteiger partial charge in [0.25, 0.3) is 0 Å². The third kappa shape index (κ3) is 3.08. The summed E-state index contributed by atoms with van der Waals surface area (Å²) >= 11 is 0. The smallest absolute Gasteiger partial charge is 0.303 e. The molecular weight excluding hydrogens is 328 g/mol. The number of Topliss-reactive ketones (excluding diaryl/α,β-unsaturated/α-hetero) is 1. The van der Waals surface area contributed by atoms with E-state index in [-0.39, 0.29) is 22.8 Å². The SMILES string of the molecule is COc1cc(O)c2c(c1)O[C@@H](c1ccc(O)cc1)[C@H](OC(C)=O)C2=O. The highest BCUT2D eigenvalue weighted by Crippen LogP contribution is 2.43. The predicted octanol–water partition coefficient (Wildman–Crippen LogP) is 2.35. The molecule has 130 valence electrons. The van der Waals surface area contributed by atoms with Crippen LogP contribution in [0.3, 0.4) is 0 Å². The number of benzene rings is 2. The van der Waals surface area contributed by atoms with Gasteiger partial charge in [-0.2, -0.15) is 0 Å². The summed E-state index contributed by atoms with van der Waals surface area (Å²) in [6, 6.07) is 8.76. The minimum Gasteiger partial charge on any atom is -0.508 e. The number of carbonyl (C=O) groups excluding carboxylic acids is 2. The molecule has 1 aliphatic rings. The Bertz CT molecular complexity index is 826. The summed E-state index contributed by atoms with van der Waals surface area (Å²) in [4.78, 5) is 24.2. The van der Waals surface area contributed by atoms with Crippen LogP contribution in [0, 0.1) is 0 Å². The molecule has 1 heterocycles. The van der Waals surface area contributed by atoms with E-state index in [4.69, 9.17) is 14.2 Å². The lowest BCUT2D eigenvalue weighted by Crippen LogP contribution is -2.39. The standard InChI is InChI=1S/C18H16O7/c1-9(19)24-18-16(22)15-13(21)7-12(23-2)8-14(15)25-17(18)10-3-5-11(20)6-4-10/h3-8,17-18,20-21H,1-2H3/t17-,18+/m0/s1. The monoisotopic (exact) mass is 344 g/mol. The first-order valence-corrected chi connectivity index (χ1v) is 7.48. The molecule has 0 bridgehead atoms. The second-order valence-electron chi connectivity index (χ2n) is 5.54. The summed E-state index contributed by atoms with van der Waals surface area (Å²) in [5.74, 6) is -1.05. The number of rotatable bonds is 3. The highest BCUT2D eigenvalue weighted by Gasteiger charge is 2.42. The average Bonchev–Trinajstić information content (AvgIpc) is 2.57. The number of methoxy groups -OCH3 is 1. The average molecular weight is 344 g/mol. The zero-order valence-electron chi connectivity index (χ0n) is 13.6. The molecule has 7 nitrogen and oxygen atoms in total. The van der Waals surface area contributed by atoms with Gasteiger partial charge in [0, 0.05) is 19.1 Å². The van der Waals surface area contributed by atoms with Gasteiger partial charge in [0.1, 0.15) is 28.6 Å². The van der Waals surface area contributed by atoms with Crippen LogP contribution in [0.5, 0.6) is 23.0 Å². The first-order valence-electron chi connectivity index (χ1n) is 7.48. The number of fused-ring (bicyclic) bond motifs is 1. The van der Waals surface area contributed by atoms with Crippen molar-refractivity contribution in [3.63, 3.8) is 0 Å². The number of ketones is 1. The van der Waals surface area contributed by atoms with Crippen molar-refractivity contribution >= 4 is 11.8 Å². The molecule has 0 saturated carbocycles. The summed E-state index contributed by atoms with van der Waals surface area (Å²) in [6.07, 6.45) is -2.18.